The third-order valence-corrected chi connectivity index (χ3v) is 2.16. The van der Waals surface area contributed by atoms with Gasteiger partial charge in [-0.3, -0.25) is 5.10 Å². The summed E-state index contributed by atoms with van der Waals surface area (Å²) in [7, 11) is 1.25. The number of carbonyl (C=O) groups is 1. The molecule has 0 amide bonds. The maximum Gasteiger partial charge on any atom is 0.377 e. The highest BCUT2D eigenvalue weighted by Crippen LogP contribution is 2.08. The zero-order valence-electron chi connectivity index (χ0n) is 9.11. The summed E-state index contributed by atoms with van der Waals surface area (Å²) in [4.78, 5) is 15.0. The normalized spacial score (nSPS) is 10.2. The fourth-order valence-electron chi connectivity index (χ4n) is 1.40. The van der Waals surface area contributed by atoms with Crippen molar-refractivity contribution >= 4 is 5.97 Å². The van der Waals surface area contributed by atoms with Gasteiger partial charge >= 0.3 is 5.97 Å². The molecule has 0 aliphatic rings. The topological polar surface area (TPSA) is 67.9 Å². The molecule has 17 heavy (non-hydrogen) atoms. The molecule has 0 aliphatic heterocycles. The van der Waals surface area contributed by atoms with E-state index >= 15 is 0 Å². The Morgan fingerprint density at radius 1 is 1.53 bits per heavy atom. The molecular weight excluding hydrogens is 225 g/mol. The first-order chi connectivity index (χ1) is 8.19. The van der Waals surface area contributed by atoms with Crippen molar-refractivity contribution in [1.29, 1.82) is 0 Å². The maximum atomic E-state index is 12.9. The Bertz CT molecular complexity index is 539. The number of ether oxygens (including phenoxy) is 1. The van der Waals surface area contributed by atoms with Gasteiger partial charge in [0.05, 0.1) is 7.11 Å². The van der Waals surface area contributed by atoms with Gasteiger partial charge in [0.25, 0.3) is 5.82 Å². The predicted octanol–water partition coefficient (Wildman–Crippen LogP) is 1.32. The summed E-state index contributed by atoms with van der Waals surface area (Å²) < 4.78 is 17.4. The number of benzene rings is 1. The number of hydrogen-bond acceptors (Lipinski definition) is 4. The molecule has 0 atom stereocenters. The van der Waals surface area contributed by atoms with E-state index < -0.39 is 5.97 Å². The molecule has 0 radical (unpaired) electrons. The number of hydrogen-bond donors (Lipinski definition) is 1. The first kappa shape index (κ1) is 11.3. The van der Waals surface area contributed by atoms with Gasteiger partial charge in [-0.25, -0.2) is 14.2 Å². The van der Waals surface area contributed by atoms with Crippen LogP contribution in [0.3, 0.4) is 0 Å². The van der Waals surface area contributed by atoms with Crippen molar-refractivity contribution in [2.45, 2.75) is 6.42 Å². The molecule has 1 aromatic carbocycles. The molecule has 0 fully saturated rings. The van der Waals surface area contributed by atoms with Gasteiger partial charge in [0.2, 0.25) is 0 Å². The lowest BCUT2D eigenvalue weighted by atomic mass is 10.1. The summed E-state index contributed by atoms with van der Waals surface area (Å²) >= 11 is 0. The second-order valence-corrected chi connectivity index (χ2v) is 3.40. The molecule has 5 nitrogen and oxygen atoms in total. The summed E-state index contributed by atoms with van der Waals surface area (Å²) in [6, 6.07) is 6.15. The summed E-state index contributed by atoms with van der Waals surface area (Å²) in [5.41, 5.74) is 0.748. The van der Waals surface area contributed by atoms with Gasteiger partial charge in [-0.2, -0.15) is 0 Å². The van der Waals surface area contributed by atoms with Crippen molar-refractivity contribution in [3.8, 4) is 0 Å². The second kappa shape index (κ2) is 4.73. The van der Waals surface area contributed by atoms with Gasteiger partial charge in [-0.1, -0.05) is 12.1 Å². The highest BCUT2D eigenvalue weighted by Gasteiger charge is 2.12. The van der Waals surface area contributed by atoms with E-state index in [0.29, 0.717) is 12.2 Å². The zero-order chi connectivity index (χ0) is 12.3. The Morgan fingerprint density at radius 2 is 2.35 bits per heavy atom. The van der Waals surface area contributed by atoms with E-state index in [1.807, 2.05) is 0 Å². The molecule has 0 spiro atoms. The van der Waals surface area contributed by atoms with E-state index in [1.54, 1.807) is 12.1 Å². The molecule has 6 heteroatoms. The van der Waals surface area contributed by atoms with Gasteiger partial charge in [-0.05, 0) is 17.7 Å². The van der Waals surface area contributed by atoms with E-state index in [4.69, 9.17) is 0 Å². The molecule has 1 aromatic heterocycles. The average Bonchev–Trinajstić information content (AvgIpc) is 2.76. The number of rotatable bonds is 3. The summed E-state index contributed by atoms with van der Waals surface area (Å²) in [5.74, 6) is -0.461. The van der Waals surface area contributed by atoms with Crippen molar-refractivity contribution in [2.75, 3.05) is 7.11 Å². The Balaban J connectivity index is 2.14. The van der Waals surface area contributed by atoms with Crippen LogP contribution in [-0.4, -0.2) is 28.3 Å². The van der Waals surface area contributed by atoms with E-state index in [9.17, 15) is 9.18 Å². The van der Waals surface area contributed by atoms with Crippen LogP contribution in [0.15, 0.2) is 24.3 Å². The highest BCUT2D eigenvalue weighted by atomic mass is 19.1. The molecule has 2 rings (SSSR count). The number of aromatic nitrogens is 3. The van der Waals surface area contributed by atoms with E-state index in [2.05, 4.69) is 19.9 Å². The molecule has 1 N–H and O–H groups in total. The lowest BCUT2D eigenvalue weighted by molar-refractivity contribution is 0.0587. The summed E-state index contributed by atoms with van der Waals surface area (Å²) in [5, 5.41) is 6.31. The second-order valence-electron chi connectivity index (χ2n) is 3.40. The van der Waals surface area contributed by atoms with Crippen LogP contribution in [0.2, 0.25) is 0 Å². The number of nitrogens with one attached hydrogen (secondary N) is 1. The zero-order valence-corrected chi connectivity index (χ0v) is 9.11. The SMILES string of the molecule is COC(=O)c1n[nH]c(Cc2cccc(F)c2)n1. The fourth-order valence-corrected chi connectivity index (χ4v) is 1.40. The minimum Gasteiger partial charge on any atom is -0.463 e. The molecule has 0 bridgehead atoms. The first-order valence-electron chi connectivity index (χ1n) is 4.93. The number of methoxy groups -OCH3 is 1. The lowest BCUT2D eigenvalue weighted by Gasteiger charge is -1.97. The van der Waals surface area contributed by atoms with Crippen LogP contribution >= 0.6 is 0 Å². The van der Waals surface area contributed by atoms with Crippen LogP contribution in [0.4, 0.5) is 4.39 Å². The number of H-pyrrole nitrogens is 1. The molecule has 0 unspecified atom stereocenters. The van der Waals surface area contributed by atoms with Crippen LogP contribution in [0.1, 0.15) is 22.0 Å². The van der Waals surface area contributed by atoms with Crippen molar-refractivity contribution in [2.24, 2.45) is 0 Å². The highest BCUT2D eigenvalue weighted by molar-refractivity contribution is 5.84. The standard InChI is InChI=1S/C11H10FN3O2/c1-17-11(16)10-13-9(14-15-10)6-7-3-2-4-8(12)5-7/h2-5H,6H2,1H3,(H,13,14,15). The molecule has 2 aromatic rings. The maximum absolute atomic E-state index is 12.9. The van der Waals surface area contributed by atoms with Gasteiger partial charge in [0, 0.05) is 6.42 Å². The monoisotopic (exact) mass is 235 g/mol. The van der Waals surface area contributed by atoms with Crippen LogP contribution < -0.4 is 0 Å². The summed E-state index contributed by atoms with van der Waals surface area (Å²) in [6.07, 6.45) is 0.377. The molecular formula is C11H10FN3O2. The van der Waals surface area contributed by atoms with Crippen molar-refractivity contribution in [3.05, 3.63) is 47.3 Å². The predicted molar refractivity (Wildman–Crippen MR) is 56.9 cm³/mol. The first-order valence-corrected chi connectivity index (χ1v) is 4.93. The number of esters is 1. The third-order valence-electron chi connectivity index (χ3n) is 2.16. The Kier molecular flexibility index (Phi) is 3.13. The molecule has 1 heterocycles. The number of halogens is 1. The van der Waals surface area contributed by atoms with E-state index in [0.717, 1.165) is 5.56 Å². The smallest absolute Gasteiger partial charge is 0.377 e. The Hall–Kier alpha value is -2.24. The third kappa shape index (κ3) is 2.66. The minimum atomic E-state index is -0.605. The van der Waals surface area contributed by atoms with Gasteiger partial charge in [-0.15, -0.1) is 5.10 Å². The van der Waals surface area contributed by atoms with E-state index in [-0.39, 0.29) is 11.6 Å². The van der Waals surface area contributed by atoms with Crippen molar-refractivity contribution < 1.29 is 13.9 Å². The molecule has 0 aliphatic carbocycles. The summed E-state index contributed by atoms with van der Waals surface area (Å²) in [6.45, 7) is 0. The quantitative estimate of drug-likeness (QED) is 0.815. The number of aromatic amines is 1. The Labute approximate surface area is 96.6 Å². The van der Waals surface area contributed by atoms with Crippen LogP contribution in [0.5, 0.6) is 0 Å². The fraction of sp³-hybridized carbons (Fsp3) is 0.182. The van der Waals surface area contributed by atoms with Crippen LogP contribution in [0, 0.1) is 5.82 Å². The van der Waals surface area contributed by atoms with Crippen molar-refractivity contribution in [1.82, 2.24) is 15.2 Å². The lowest BCUT2D eigenvalue weighted by Crippen LogP contribution is -2.03. The van der Waals surface area contributed by atoms with Gasteiger partial charge in [0.1, 0.15) is 11.6 Å². The minimum absolute atomic E-state index is 0.0288. The molecule has 0 saturated heterocycles. The van der Waals surface area contributed by atoms with E-state index in [1.165, 1.54) is 19.2 Å². The molecule has 0 saturated carbocycles. The van der Waals surface area contributed by atoms with Gasteiger partial charge < -0.3 is 4.74 Å². The Morgan fingerprint density at radius 3 is 3.06 bits per heavy atom. The van der Waals surface area contributed by atoms with Crippen LogP contribution in [-0.2, 0) is 11.2 Å². The number of nitrogens with zero attached hydrogens (tertiary/aromatic N) is 2. The molecule has 88 valence electrons. The average molecular weight is 235 g/mol. The largest absolute Gasteiger partial charge is 0.463 e. The van der Waals surface area contributed by atoms with Crippen LogP contribution in [0.25, 0.3) is 0 Å². The van der Waals surface area contributed by atoms with Gasteiger partial charge in [0.15, 0.2) is 0 Å². The number of carbonyl (C=O) groups excluding carboxylic acids is 1. The van der Waals surface area contributed by atoms with Crippen molar-refractivity contribution in [3.63, 3.8) is 0 Å².